The van der Waals surface area contributed by atoms with Gasteiger partial charge in [0.1, 0.15) is 66.0 Å². The van der Waals surface area contributed by atoms with Gasteiger partial charge in [0.25, 0.3) is 0 Å². The van der Waals surface area contributed by atoms with Gasteiger partial charge in [0.2, 0.25) is 65.0 Å². The number of rotatable bonds is 31. The minimum absolute atomic E-state index is 0.176. The molecule has 1 aromatic carbocycles. The first-order chi connectivity index (χ1) is 40.1. The second kappa shape index (κ2) is 33.8. The summed E-state index contributed by atoms with van der Waals surface area (Å²) in [6.45, 7) is 18.0. The van der Waals surface area contributed by atoms with Crippen molar-refractivity contribution >= 4 is 70.9 Å². The molecule has 1 saturated heterocycles. The number of esters is 1. The predicted molar refractivity (Wildman–Crippen MR) is 311 cm³/mol. The number of nitrogens with one attached hydrogen (secondary N) is 11. The molecule has 15 N–H and O–H groups in total. The number of ether oxygens (including phenoxy) is 1. The highest BCUT2D eigenvalue weighted by Crippen LogP contribution is 2.45. The Hall–Kier alpha value is -7.52. The molecule has 17 atom stereocenters. The highest BCUT2D eigenvalue weighted by Gasteiger charge is 2.61. The van der Waals surface area contributed by atoms with Crippen LogP contribution in [0.1, 0.15) is 120 Å². The van der Waals surface area contributed by atoms with Gasteiger partial charge in [-0.05, 0) is 69.4 Å². The van der Waals surface area contributed by atoms with Crippen molar-refractivity contribution in [3.8, 4) is 0 Å². The summed E-state index contributed by atoms with van der Waals surface area (Å²) in [5.74, 6) is -13.4. The average molecular weight is 1200 g/mol. The summed E-state index contributed by atoms with van der Waals surface area (Å²) in [5, 5.41) is 49.4. The number of primary amides is 1. The first-order valence-corrected chi connectivity index (χ1v) is 29.2. The Labute approximate surface area is 497 Å². The summed E-state index contributed by atoms with van der Waals surface area (Å²) < 4.78 is 5.71. The van der Waals surface area contributed by atoms with Crippen LogP contribution in [0.4, 0.5) is 0 Å². The SMILES string of the molecule is C=CC1CC12NC(=O)[C@H](C)NC(=O)[C@H](NC(=O)[C@H](CO)NC(=O)[C@@H](NC(=O)[C@H](NC(=O)[C@@H](CCC(N)=O)NC(=O)[C@H](CO)NC(=O)[C@@H](NC(=O)[C@@H](Cc1ccccc1)NC)[C@@H](C)CC)[C@@H](C)CC)[C@@H](C)CC)[C@H](C)OC(=O)[C@H]([C@@H](C)CC)NC2=O. The van der Waals surface area contributed by atoms with Gasteiger partial charge in [-0.15, -0.1) is 6.58 Å². The molecule has 1 saturated carbocycles. The van der Waals surface area contributed by atoms with Gasteiger partial charge in [-0.1, -0.05) is 117 Å². The third-order valence-corrected chi connectivity index (χ3v) is 16.2. The number of nitrogens with two attached hydrogens (primary N) is 1. The van der Waals surface area contributed by atoms with E-state index in [0.29, 0.717) is 19.3 Å². The Bertz CT molecular complexity index is 2540. The number of aliphatic hydroxyl groups excluding tert-OH is 2. The van der Waals surface area contributed by atoms with Crippen LogP contribution >= 0.6 is 0 Å². The number of aliphatic hydroxyl groups is 2. The van der Waals surface area contributed by atoms with E-state index in [2.05, 4.69) is 65.1 Å². The highest BCUT2D eigenvalue weighted by molar-refractivity contribution is 6.01. The lowest BCUT2D eigenvalue weighted by molar-refractivity contribution is -0.157. The van der Waals surface area contributed by atoms with E-state index in [9.17, 15) is 67.7 Å². The summed E-state index contributed by atoms with van der Waals surface area (Å²) in [6, 6.07) is -4.98. The number of amides is 11. The van der Waals surface area contributed by atoms with Gasteiger partial charge in [-0.3, -0.25) is 52.7 Å². The molecule has 1 heterocycles. The fraction of sp³-hybridized carbons (Fsp3) is 0.655. The Morgan fingerprint density at radius 3 is 1.60 bits per heavy atom. The van der Waals surface area contributed by atoms with Crippen LogP contribution in [-0.2, 0) is 68.7 Å². The monoisotopic (exact) mass is 1200 g/mol. The molecule has 1 spiro atoms. The molecule has 3 rings (SSSR count). The smallest absolute Gasteiger partial charge is 0.329 e. The van der Waals surface area contributed by atoms with Gasteiger partial charge in [-0.25, -0.2) is 4.79 Å². The fourth-order valence-electron chi connectivity index (χ4n) is 9.42. The summed E-state index contributed by atoms with van der Waals surface area (Å²) in [7, 11) is 1.60. The zero-order chi connectivity index (χ0) is 64.0. The molecule has 1 aliphatic heterocycles. The van der Waals surface area contributed by atoms with E-state index in [1.807, 2.05) is 30.3 Å². The van der Waals surface area contributed by atoms with Crippen molar-refractivity contribution < 1.29 is 72.5 Å². The van der Waals surface area contributed by atoms with Crippen molar-refractivity contribution in [3.05, 3.63) is 48.6 Å². The minimum atomic E-state index is -1.81. The molecule has 0 aromatic heterocycles. The number of hydrogen-bond donors (Lipinski definition) is 14. The maximum atomic E-state index is 14.4. The molecule has 1 aromatic rings. The molecule has 27 nitrogen and oxygen atoms in total. The van der Waals surface area contributed by atoms with Crippen molar-refractivity contribution in [2.45, 2.75) is 193 Å². The van der Waals surface area contributed by atoms with Gasteiger partial charge in [0, 0.05) is 12.3 Å². The van der Waals surface area contributed by atoms with Crippen molar-refractivity contribution in [3.63, 3.8) is 0 Å². The molecule has 2 aliphatic rings. The number of benzene rings is 1. The third kappa shape index (κ3) is 20.0. The van der Waals surface area contributed by atoms with Gasteiger partial charge >= 0.3 is 5.97 Å². The first-order valence-electron chi connectivity index (χ1n) is 29.2. The van der Waals surface area contributed by atoms with Crippen molar-refractivity contribution in [2.24, 2.45) is 35.3 Å². The van der Waals surface area contributed by atoms with Crippen LogP contribution in [0.15, 0.2) is 43.0 Å². The maximum Gasteiger partial charge on any atom is 0.329 e. The molecule has 474 valence electrons. The quantitative estimate of drug-likeness (QED) is 0.0273. The molecule has 2 fully saturated rings. The van der Waals surface area contributed by atoms with Crippen LogP contribution in [-0.4, -0.2) is 173 Å². The predicted octanol–water partition coefficient (Wildman–Crippen LogP) is -2.36. The largest absolute Gasteiger partial charge is 0.458 e. The van der Waals surface area contributed by atoms with Crippen LogP contribution in [0.3, 0.4) is 0 Å². The summed E-state index contributed by atoms with van der Waals surface area (Å²) in [4.78, 5) is 165. The van der Waals surface area contributed by atoms with Crippen LogP contribution in [0.25, 0.3) is 0 Å². The summed E-state index contributed by atoms with van der Waals surface area (Å²) in [6.07, 6.45) is 1.01. The Balaban J connectivity index is 1.85. The number of carbonyl (C=O) groups is 12. The molecular weight excluding hydrogens is 1100 g/mol. The zero-order valence-corrected chi connectivity index (χ0v) is 50.8. The van der Waals surface area contributed by atoms with Crippen LogP contribution in [0.5, 0.6) is 0 Å². The molecular formula is C58H92N12O15. The van der Waals surface area contributed by atoms with Gasteiger partial charge in [0.15, 0.2) is 0 Å². The van der Waals surface area contributed by atoms with E-state index < -0.39 is 199 Å². The highest BCUT2D eigenvalue weighted by atomic mass is 16.5. The van der Waals surface area contributed by atoms with Gasteiger partial charge in [-0.2, -0.15) is 0 Å². The van der Waals surface area contributed by atoms with E-state index >= 15 is 0 Å². The Morgan fingerprint density at radius 1 is 0.671 bits per heavy atom. The van der Waals surface area contributed by atoms with E-state index in [-0.39, 0.29) is 19.3 Å². The normalized spacial score (nSPS) is 23.7. The molecule has 0 radical (unpaired) electrons. The number of likely N-dealkylation sites (N-methyl/N-ethyl adjacent to an activating group) is 1. The molecule has 1 aliphatic carbocycles. The molecule has 85 heavy (non-hydrogen) atoms. The lowest BCUT2D eigenvalue weighted by Gasteiger charge is -2.31. The standard InChI is InChI=1S/C58H92N12O15/c1-13-29(6)42(66-49(76)38(60-12)25-35-21-19-18-20-22-35)52(79)63-39(27-71)50(77)62-37(23-24-41(59)73)48(75)65-44(31(8)15-3)54(81)67-43(30(7)14-2)53(80)64-40(28-72)51(78)68-46-34(11)85-56(83)45(32(9)16-4)69-57(84)58(26-36(58)17-5)70-47(74)33(10)61-55(46)82/h17-22,29-34,36-40,42-46,60,71-72H,5,13-16,23-28H2,1-4,6-12H3,(H2,59,73)(H,61,82)(H,62,77)(H,63,79)(H,64,80)(H,65,75)(H,66,76)(H,67,81)(H,68,78)(H,69,84)(H,70,74)/t29-,30-,31-,32-,33-,34-,36?,37+,38+,39-,40-,42-,43-,44+,45-,46+,58?/m0/s1. The fourth-order valence-corrected chi connectivity index (χ4v) is 9.42. The molecule has 27 heteroatoms. The van der Waals surface area contributed by atoms with Crippen molar-refractivity contribution in [1.82, 2.24) is 58.5 Å². The number of cyclic esters (lactones) is 1. The Morgan fingerprint density at radius 2 is 1.14 bits per heavy atom. The Kier molecular flexibility index (Phi) is 28.6. The van der Waals surface area contributed by atoms with Crippen LogP contribution in [0, 0.1) is 29.6 Å². The van der Waals surface area contributed by atoms with Gasteiger partial charge < -0.3 is 79.2 Å². The summed E-state index contributed by atoms with van der Waals surface area (Å²) in [5.41, 5.74) is 4.85. The number of hydrogen-bond acceptors (Lipinski definition) is 16. The molecule has 11 amide bonds. The maximum absolute atomic E-state index is 14.4. The molecule has 0 bridgehead atoms. The van der Waals surface area contributed by atoms with E-state index in [1.165, 1.54) is 19.9 Å². The third-order valence-electron chi connectivity index (χ3n) is 16.2. The minimum Gasteiger partial charge on any atom is -0.458 e. The number of carbonyl (C=O) groups excluding carboxylic acids is 12. The van der Waals surface area contributed by atoms with E-state index in [1.54, 1.807) is 62.4 Å². The zero-order valence-electron chi connectivity index (χ0n) is 50.8. The topological polar surface area (TPSA) is 413 Å². The lowest BCUT2D eigenvalue weighted by atomic mass is 9.94. The van der Waals surface area contributed by atoms with Crippen molar-refractivity contribution in [1.29, 1.82) is 0 Å². The summed E-state index contributed by atoms with van der Waals surface area (Å²) >= 11 is 0. The van der Waals surface area contributed by atoms with E-state index in [0.717, 1.165) is 5.56 Å². The van der Waals surface area contributed by atoms with Crippen LogP contribution in [0.2, 0.25) is 0 Å². The first kappa shape index (κ1) is 71.7. The average Bonchev–Trinajstić information content (AvgIpc) is 2.26. The second-order valence-electron chi connectivity index (χ2n) is 22.4. The van der Waals surface area contributed by atoms with Crippen LogP contribution < -0.4 is 64.2 Å². The molecule has 2 unspecified atom stereocenters. The van der Waals surface area contributed by atoms with Gasteiger partial charge in [0.05, 0.1) is 19.3 Å². The van der Waals surface area contributed by atoms with Crippen molar-refractivity contribution in [2.75, 3.05) is 20.3 Å². The lowest BCUT2D eigenvalue weighted by Crippen LogP contribution is -2.63. The second-order valence-corrected chi connectivity index (χ2v) is 22.4. The van der Waals surface area contributed by atoms with E-state index in [4.69, 9.17) is 10.5 Å².